The molecule has 0 bridgehead atoms. The van der Waals surface area contributed by atoms with Gasteiger partial charge in [0.2, 0.25) is 0 Å². The lowest BCUT2D eigenvalue weighted by atomic mass is 10.2. The Hall–Kier alpha value is -1.58. The second-order valence-corrected chi connectivity index (χ2v) is 5.30. The highest BCUT2D eigenvalue weighted by molar-refractivity contribution is 7.21. The average molecular weight is 276 g/mol. The molecule has 2 aromatic carbocycles. The molecule has 0 saturated carbocycles. The molecule has 0 unspecified atom stereocenters. The minimum atomic E-state index is 0.734. The van der Waals surface area contributed by atoms with Crippen molar-refractivity contribution < 1.29 is 4.74 Å². The SMILES string of the molecule is COc1ccccc1-c1nc2ccc(Cl)cc2s1. The van der Waals surface area contributed by atoms with Crippen molar-refractivity contribution in [3.05, 3.63) is 47.5 Å². The zero-order valence-electron chi connectivity index (χ0n) is 9.68. The predicted molar refractivity (Wildman–Crippen MR) is 76.6 cm³/mol. The summed E-state index contributed by atoms with van der Waals surface area (Å²) in [4.78, 5) is 4.61. The summed E-state index contributed by atoms with van der Waals surface area (Å²) in [6, 6.07) is 13.6. The lowest BCUT2D eigenvalue weighted by Gasteiger charge is -2.04. The van der Waals surface area contributed by atoms with Gasteiger partial charge in [-0.2, -0.15) is 0 Å². The van der Waals surface area contributed by atoms with Crippen LogP contribution in [-0.4, -0.2) is 12.1 Å². The van der Waals surface area contributed by atoms with E-state index in [0.29, 0.717) is 0 Å². The van der Waals surface area contributed by atoms with Crippen LogP contribution < -0.4 is 4.74 Å². The number of hydrogen-bond donors (Lipinski definition) is 0. The fourth-order valence-corrected chi connectivity index (χ4v) is 3.11. The van der Waals surface area contributed by atoms with Gasteiger partial charge in [-0.25, -0.2) is 4.98 Å². The highest BCUT2D eigenvalue weighted by Crippen LogP contribution is 2.36. The molecule has 3 aromatic rings. The fraction of sp³-hybridized carbons (Fsp3) is 0.0714. The summed E-state index contributed by atoms with van der Waals surface area (Å²) in [6.45, 7) is 0. The van der Waals surface area contributed by atoms with E-state index in [4.69, 9.17) is 16.3 Å². The van der Waals surface area contributed by atoms with Gasteiger partial charge in [0.05, 0.1) is 22.9 Å². The molecule has 0 atom stereocenters. The number of hydrogen-bond acceptors (Lipinski definition) is 3. The minimum absolute atomic E-state index is 0.734. The van der Waals surface area contributed by atoms with Crippen molar-refractivity contribution >= 4 is 33.2 Å². The lowest BCUT2D eigenvalue weighted by Crippen LogP contribution is -1.86. The monoisotopic (exact) mass is 275 g/mol. The number of benzene rings is 2. The van der Waals surface area contributed by atoms with Crippen molar-refractivity contribution in [2.24, 2.45) is 0 Å². The van der Waals surface area contributed by atoms with Crippen LogP contribution in [0.4, 0.5) is 0 Å². The van der Waals surface area contributed by atoms with Crippen molar-refractivity contribution in [3.63, 3.8) is 0 Å². The summed E-state index contributed by atoms with van der Waals surface area (Å²) in [7, 11) is 1.67. The Kier molecular flexibility index (Phi) is 2.94. The van der Waals surface area contributed by atoms with E-state index in [2.05, 4.69) is 4.98 Å². The molecule has 0 radical (unpaired) electrons. The van der Waals surface area contributed by atoms with Crippen LogP contribution in [0.2, 0.25) is 5.02 Å². The highest BCUT2D eigenvalue weighted by Gasteiger charge is 2.10. The molecular weight excluding hydrogens is 266 g/mol. The normalized spacial score (nSPS) is 10.8. The molecular formula is C14H10ClNOS. The maximum atomic E-state index is 5.99. The number of nitrogens with zero attached hydrogens (tertiary/aromatic N) is 1. The second kappa shape index (κ2) is 4.59. The number of para-hydroxylation sites is 1. The van der Waals surface area contributed by atoms with Crippen molar-refractivity contribution in [2.45, 2.75) is 0 Å². The molecule has 0 aliphatic carbocycles. The standard InChI is InChI=1S/C14H10ClNOS/c1-17-12-5-3-2-4-10(12)14-16-11-7-6-9(15)8-13(11)18-14/h2-8H,1H3. The number of methoxy groups -OCH3 is 1. The Balaban J connectivity index is 2.19. The molecule has 0 N–H and O–H groups in total. The van der Waals surface area contributed by atoms with E-state index < -0.39 is 0 Å². The summed E-state index contributed by atoms with van der Waals surface area (Å²) in [5.74, 6) is 0.836. The van der Waals surface area contributed by atoms with Crippen LogP contribution in [0.15, 0.2) is 42.5 Å². The number of rotatable bonds is 2. The zero-order chi connectivity index (χ0) is 12.5. The summed E-state index contributed by atoms with van der Waals surface area (Å²) in [5, 5.41) is 1.68. The summed E-state index contributed by atoms with van der Waals surface area (Å²) >= 11 is 7.61. The van der Waals surface area contributed by atoms with Crippen molar-refractivity contribution in [3.8, 4) is 16.3 Å². The van der Waals surface area contributed by atoms with Gasteiger partial charge in [0.25, 0.3) is 0 Å². The molecule has 0 fully saturated rings. The summed E-state index contributed by atoms with van der Waals surface area (Å²) < 4.78 is 6.45. The molecule has 4 heteroatoms. The first-order chi connectivity index (χ1) is 8.78. The largest absolute Gasteiger partial charge is 0.496 e. The third-order valence-electron chi connectivity index (χ3n) is 2.69. The number of halogens is 1. The van der Waals surface area contributed by atoms with Gasteiger partial charge < -0.3 is 4.74 Å². The van der Waals surface area contributed by atoms with Crippen LogP contribution in [0.3, 0.4) is 0 Å². The third-order valence-corrected chi connectivity index (χ3v) is 3.97. The second-order valence-electron chi connectivity index (χ2n) is 3.83. The molecule has 3 rings (SSSR count). The van der Waals surface area contributed by atoms with Gasteiger partial charge >= 0.3 is 0 Å². The van der Waals surface area contributed by atoms with E-state index in [1.165, 1.54) is 0 Å². The predicted octanol–water partition coefficient (Wildman–Crippen LogP) is 4.63. The van der Waals surface area contributed by atoms with Gasteiger partial charge in [-0.15, -0.1) is 11.3 Å². The van der Waals surface area contributed by atoms with Crippen LogP contribution >= 0.6 is 22.9 Å². The molecule has 0 aliphatic rings. The van der Waals surface area contributed by atoms with E-state index in [1.54, 1.807) is 18.4 Å². The van der Waals surface area contributed by atoms with Gasteiger partial charge in [0.1, 0.15) is 10.8 Å². The van der Waals surface area contributed by atoms with Gasteiger partial charge in [0.15, 0.2) is 0 Å². The van der Waals surface area contributed by atoms with E-state index in [9.17, 15) is 0 Å². The Morgan fingerprint density at radius 1 is 1.17 bits per heavy atom. The first-order valence-corrected chi connectivity index (χ1v) is 6.67. The van der Waals surface area contributed by atoms with Crippen LogP contribution in [0.25, 0.3) is 20.8 Å². The zero-order valence-corrected chi connectivity index (χ0v) is 11.3. The molecule has 0 saturated heterocycles. The van der Waals surface area contributed by atoms with Crippen LogP contribution in [0.5, 0.6) is 5.75 Å². The van der Waals surface area contributed by atoms with Crippen LogP contribution in [0.1, 0.15) is 0 Å². The Morgan fingerprint density at radius 2 is 2.00 bits per heavy atom. The number of ether oxygens (including phenoxy) is 1. The van der Waals surface area contributed by atoms with Crippen LogP contribution in [-0.2, 0) is 0 Å². The molecule has 1 aromatic heterocycles. The summed E-state index contributed by atoms with van der Waals surface area (Å²) in [6.07, 6.45) is 0. The van der Waals surface area contributed by atoms with E-state index in [1.807, 2.05) is 42.5 Å². The van der Waals surface area contributed by atoms with E-state index >= 15 is 0 Å². The van der Waals surface area contributed by atoms with Crippen molar-refractivity contribution in [1.82, 2.24) is 4.98 Å². The molecule has 2 nitrogen and oxygen atoms in total. The molecule has 18 heavy (non-hydrogen) atoms. The molecule has 0 aliphatic heterocycles. The maximum Gasteiger partial charge on any atom is 0.129 e. The van der Waals surface area contributed by atoms with Crippen molar-refractivity contribution in [2.75, 3.05) is 7.11 Å². The maximum absolute atomic E-state index is 5.99. The quantitative estimate of drug-likeness (QED) is 0.680. The van der Waals surface area contributed by atoms with Crippen LogP contribution in [0, 0.1) is 0 Å². The number of fused-ring (bicyclic) bond motifs is 1. The van der Waals surface area contributed by atoms with E-state index in [-0.39, 0.29) is 0 Å². The number of thiazole rings is 1. The molecule has 0 spiro atoms. The van der Waals surface area contributed by atoms with E-state index in [0.717, 1.165) is 31.6 Å². The Morgan fingerprint density at radius 3 is 2.83 bits per heavy atom. The molecule has 0 amide bonds. The Bertz CT molecular complexity index is 708. The summed E-state index contributed by atoms with van der Waals surface area (Å²) in [5.41, 5.74) is 1.97. The smallest absolute Gasteiger partial charge is 0.129 e. The Labute approximate surface area is 114 Å². The average Bonchev–Trinajstić information content (AvgIpc) is 2.81. The number of aromatic nitrogens is 1. The fourth-order valence-electron chi connectivity index (χ4n) is 1.83. The first-order valence-electron chi connectivity index (χ1n) is 5.47. The first kappa shape index (κ1) is 11.5. The minimum Gasteiger partial charge on any atom is -0.496 e. The lowest BCUT2D eigenvalue weighted by molar-refractivity contribution is 0.416. The van der Waals surface area contributed by atoms with Crippen molar-refractivity contribution in [1.29, 1.82) is 0 Å². The van der Waals surface area contributed by atoms with Gasteiger partial charge in [-0.3, -0.25) is 0 Å². The third kappa shape index (κ3) is 1.96. The van der Waals surface area contributed by atoms with Gasteiger partial charge in [0, 0.05) is 5.02 Å². The van der Waals surface area contributed by atoms with Gasteiger partial charge in [-0.1, -0.05) is 23.7 Å². The molecule has 1 heterocycles. The topological polar surface area (TPSA) is 22.1 Å². The van der Waals surface area contributed by atoms with Gasteiger partial charge in [-0.05, 0) is 30.3 Å². The molecule has 90 valence electrons. The highest BCUT2D eigenvalue weighted by atomic mass is 35.5.